The summed E-state index contributed by atoms with van der Waals surface area (Å²) in [7, 11) is 1.47. The first-order valence-corrected chi connectivity index (χ1v) is 9.93. The summed E-state index contributed by atoms with van der Waals surface area (Å²) < 4.78 is 19.5. The Bertz CT molecular complexity index is 1090. The minimum absolute atomic E-state index is 0.0469. The second-order valence-electron chi connectivity index (χ2n) is 6.98. The summed E-state index contributed by atoms with van der Waals surface area (Å²) in [5.41, 5.74) is 3.31. The van der Waals surface area contributed by atoms with Crippen LogP contribution in [0.5, 0.6) is 5.75 Å². The van der Waals surface area contributed by atoms with Crippen LogP contribution in [0.3, 0.4) is 0 Å². The van der Waals surface area contributed by atoms with E-state index < -0.39 is 5.82 Å². The molecule has 0 N–H and O–H groups in total. The Balaban J connectivity index is 2.02. The Kier molecular flexibility index (Phi) is 6.35. The molecule has 0 atom stereocenters. The van der Waals surface area contributed by atoms with Gasteiger partial charge in [0.2, 0.25) is 0 Å². The van der Waals surface area contributed by atoms with E-state index in [0.717, 1.165) is 17.5 Å². The normalized spacial score (nSPS) is 10.8. The van der Waals surface area contributed by atoms with Crippen LogP contribution in [-0.4, -0.2) is 23.6 Å². The first-order valence-electron chi connectivity index (χ1n) is 9.11. The van der Waals surface area contributed by atoms with Crippen LogP contribution in [0.1, 0.15) is 25.0 Å². The van der Waals surface area contributed by atoms with Gasteiger partial charge in [0.05, 0.1) is 19.2 Å². The van der Waals surface area contributed by atoms with Crippen LogP contribution in [-0.2, 0) is 17.6 Å². The minimum Gasteiger partial charge on any atom is -0.496 e. The predicted molar refractivity (Wildman–Crippen MR) is 112 cm³/mol. The van der Waals surface area contributed by atoms with Crippen molar-refractivity contribution >= 4 is 23.3 Å². The summed E-state index contributed by atoms with van der Waals surface area (Å²) in [5, 5.41) is 9.54. The lowest BCUT2D eigenvalue weighted by molar-refractivity contribution is -0.107. The third kappa shape index (κ3) is 4.49. The third-order valence-electron chi connectivity index (χ3n) is 4.37. The van der Waals surface area contributed by atoms with Gasteiger partial charge in [-0.2, -0.15) is 0 Å². The van der Waals surface area contributed by atoms with Crippen molar-refractivity contribution < 1.29 is 13.9 Å². The van der Waals surface area contributed by atoms with Crippen LogP contribution < -0.4 is 4.74 Å². The molecule has 0 saturated heterocycles. The summed E-state index contributed by atoms with van der Waals surface area (Å²) in [6.07, 6.45) is 1.59. The van der Waals surface area contributed by atoms with Crippen molar-refractivity contribution in [2.24, 2.45) is 5.92 Å². The van der Waals surface area contributed by atoms with E-state index in [1.807, 2.05) is 18.2 Å². The van der Waals surface area contributed by atoms with Gasteiger partial charge < -0.3 is 9.53 Å². The van der Waals surface area contributed by atoms with E-state index in [0.29, 0.717) is 44.8 Å². The number of carbonyl (C=O) groups is 1. The fraction of sp³-hybridized carbons (Fsp3) is 0.273. The monoisotopic (exact) mass is 409 g/mol. The number of aldehydes is 1. The first kappa shape index (κ1) is 20.6. The maximum absolute atomic E-state index is 14.1. The Morgan fingerprint density at radius 3 is 2.62 bits per heavy atom. The molecule has 5 nitrogen and oxygen atoms in total. The van der Waals surface area contributed by atoms with Crippen LogP contribution in [0, 0.1) is 18.3 Å². The molecule has 7 heteroatoms. The van der Waals surface area contributed by atoms with Crippen molar-refractivity contribution in [3.63, 3.8) is 0 Å². The molecule has 1 aromatic heterocycles. The minimum atomic E-state index is -0.470. The molecule has 0 aliphatic rings. The Morgan fingerprint density at radius 1 is 1.21 bits per heavy atom. The van der Waals surface area contributed by atoms with Crippen molar-refractivity contribution in [2.45, 2.75) is 26.7 Å². The van der Waals surface area contributed by atoms with E-state index in [-0.39, 0.29) is 6.42 Å². The number of benzene rings is 2. The zero-order valence-electron chi connectivity index (χ0n) is 16.4. The second kappa shape index (κ2) is 8.93. The van der Waals surface area contributed by atoms with E-state index in [1.165, 1.54) is 30.6 Å². The number of aromatic nitrogens is 2. The van der Waals surface area contributed by atoms with Crippen molar-refractivity contribution in [3.05, 3.63) is 58.7 Å². The van der Waals surface area contributed by atoms with E-state index in [4.69, 9.17) is 11.3 Å². The maximum atomic E-state index is 14.1. The Morgan fingerprint density at radius 2 is 1.97 bits per heavy atom. The number of hydrogen-bond donors (Lipinski definition) is 0. The molecule has 0 bridgehead atoms. The molecule has 0 unspecified atom stereocenters. The fourth-order valence-electron chi connectivity index (χ4n) is 3.15. The average molecular weight is 409 g/mol. The number of rotatable bonds is 7. The number of ether oxygens (including phenoxy) is 1. The van der Waals surface area contributed by atoms with Crippen LogP contribution in [0.4, 0.5) is 10.1 Å². The molecular weight excluding hydrogens is 389 g/mol. The summed E-state index contributed by atoms with van der Waals surface area (Å²) in [6.45, 7) is 11.7. The molecule has 0 amide bonds. The number of nitrogens with zero attached hydrogens (tertiary/aromatic N) is 3. The molecule has 0 fully saturated rings. The van der Waals surface area contributed by atoms with Crippen molar-refractivity contribution in [3.8, 4) is 26.9 Å². The predicted octanol–water partition coefficient (Wildman–Crippen LogP) is 5.51. The van der Waals surface area contributed by atoms with Gasteiger partial charge in [-0.1, -0.05) is 37.3 Å². The molecule has 2 aromatic carbocycles. The van der Waals surface area contributed by atoms with Gasteiger partial charge in [0.25, 0.3) is 0 Å². The standard InChI is InChI=1S/C22H20FN3O2S/c1-13(2)9-14-5-6-16(11-19(14)24-3)21-25-26-22(29-21)18-12-17(23)10-15(7-8-27)20(18)28-4/h5-6,8,10-13H,7,9H2,1-2,4H3. The largest absolute Gasteiger partial charge is 0.496 e. The lowest BCUT2D eigenvalue weighted by Crippen LogP contribution is -1.97. The van der Waals surface area contributed by atoms with Crippen molar-refractivity contribution in [2.75, 3.05) is 7.11 Å². The maximum Gasteiger partial charge on any atom is 0.191 e. The quantitative estimate of drug-likeness (QED) is 0.381. The summed E-state index contributed by atoms with van der Waals surface area (Å²) >= 11 is 1.28. The zero-order valence-corrected chi connectivity index (χ0v) is 17.2. The molecular formula is C22H20FN3O2S. The second-order valence-corrected chi connectivity index (χ2v) is 7.96. The Labute approximate surface area is 173 Å². The highest BCUT2D eigenvalue weighted by Crippen LogP contribution is 2.39. The van der Waals surface area contributed by atoms with Gasteiger partial charge in [0.1, 0.15) is 22.9 Å². The molecule has 148 valence electrons. The summed E-state index contributed by atoms with van der Waals surface area (Å²) in [4.78, 5) is 14.6. The highest BCUT2D eigenvalue weighted by molar-refractivity contribution is 7.18. The molecule has 1 heterocycles. The zero-order chi connectivity index (χ0) is 21.0. The highest BCUT2D eigenvalue weighted by atomic mass is 32.1. The number of methoxy groups -OCH3 is 1. The van der Waals surface area contributed by atoms with Gasteiger partial charge in [0.15, 0.2) is 10.7 Å². The van der Waals surface area contributed by atoms with Crippen LogP contribution in [0.25, 0.3) is 26.0 Å². The topological polar surface area (TPSA) is 56.4 Å². The number of hydrogen-bond acceptors (Lipinski definition) is 5. The molecule has 0 saturated carbocycles. The van der Waals surface area contributed by atoms with E-state index >= 15 is 0 Å². The van der Waals surface area contributed by atoms with E-state index in [9.17, 15) is 9.18 Å². The smallest absolute Gasteiger partial charge is 0.191 e. The van der Waals surface area contributed by atoms with Gasteiger partial charge in [-0.25, -0.2) is 9.24 Å². The van der Waals surface area contributed by atoms with Crippen LogP contribution in [0.15, 0.2) is 30.3 Å². The van der Waals surface area contributed by atoms with E-state index in [2.05, 4.69) is 28.9 Å². The molecule has 29 heavy (non-hydrogen) atoms. The van der Waals surface area contributed by atoms with Gasteiger partial charge in [-0.05, 0) is 36.1 Å². The number of halogens is 1. The summed E-state index contributed by atoms with van der Waals surface area (Å²) in [6, 6.07) is 8.31. The van der Waals surface area contributed by atoms with E-state index in [1.54, 1.807) is 0 Å². The van der Waals surface area contributed by atoms with Crippen LogP contribution in [0.2, 0.25) is 0 Å². The fourth-order valence-corrected chi connectivity index (χ4v) is 4.01. The van der Waals surface area contributed by atoms with Gasteiger partial charge in [-0.3, -0.25) is 0 Å². The Hall–Kier alpha value is -3.11. The SMILES string of the molecule is [C-]#[N+]c1cc(-c2nnc(-c3cc(F)cc(CC=O)c3OC)s2)ccc1CC(C)C. The van der Waals surface area contributed by atoms with Gasteiger partial charge >= 0.3 is 0 Å². The lowest BCUT2D eigenvalue weighted by atomic mass is 10.00. The molecule has 3 aromatic rings. The van der Waals surface area contributed by atoms with Gasteiger partial charge in [-0.15, -0.1) is 10.2 Å². The molecule has 0 aliphatic carbocycles. The molecule has 3 rings (SSSR count). The third-order valence-corrected chi connectivity index (χ3v) is 5.38. The van der Waals surface area contributed by atoms with Gasteiger partial charge in [0, 0.05) is 17.5 Å². The van der Waals surface area contributed by atoms with Crippen molar-refractivity contribution in [1.82, 2.24) is 10.2 Å². The molecule has 0 spiro atoms. The average Bonchev–Trinajstić information content (AvgIpc) is 3.18. The molecule has 0 aliphatic heterocycles. The van der Waals surface area contributed by atoms with Crippen molar-refractivity contribution in [1.29, 1.82) is 0 Å². The highest BCUT2D eigenvalue weighted by Gasteiger charge is 2.18. The number of carbonyl (C=O) groups excluding carboxylic acids is 1. The lowest BCUT2D eigenvalue weighted by Gasteiger charge is -2.10. The first-order chi connectivity index (χ1) is 14.0. The summed E-state index contributed by atoms with van der Waals surface area (Å²) in [5.74, 6) is 0.397. The van der Waals surface area contributed by atoms with Crippen LogP contribution >= 0.6 is 11.3 Å². The molecule has 0 radical (unpaired) electrons.